The van der Waals surface area contributed by atoms with E-state index in [4.69, 9.17) is 9.47 Å². The fourth-order valence-electron chi connectivity index (χ4n) is 3.82. The van der Waals surface area contributed by atoms with Gasteiger partial charge in [0, 0.05) is 29.9 Å². The summed E-state index contributed by atoms with van der Waals surface area (Å²) in [6.45, 7) is 3.78. The van der Waals surface area contributed by atoms with Crippen molar-refractivity contribution in [1.82, 2.24) is 20.1 Å². The number of nitrogens with one attached hydrogen (secondary N) is 2. The van der Waals surface area contributed by atoms with Crippen molar-refractivity contribution in [1.29, 1.82) is 0 Å². The molecule has 0 unspecified atom stereocenters. The molecule has 1 aliphatic rings. The maximum Gasteiger partial charge on any atom is 0.269 e. The van der Waals surface area contributed by atoms with E-state index in [0.29, 0.717) is 23.7 Å². The molecule has 30 heavy (non-hydrogen) atoms. The topological polar surface area (TPSA) is 81.2 Å². The molecule has 152 valence electrons. The summed E-state index contributed by atoms with van der Waals surface area (Å²) in [6.07, 6.45) is 0.842. The molecule has 0 aliphatic carbocycles. The number of rotatable bonds is 6. The summed E-state index contributed by atoms with van der Waals surface area (Å²) in [5.41, 5.74) is 4.44. The van der Waals surface area contributed by atoms with Gasteiger partial charge in [-0.1, -0.05) is 18.2 Å². The van der Waals surface area contributed by atoms with Gasteiger partial charge in [-0.15, -0.1) is 0 Å². The van der Waals surface area contributed by atoms with Gasteiger partial charge in [-0.05, 0) is 55.1 Å². The van der Waals surface area contributed by atoms with Gasteiger partial charge in [-0.25, -0.2) is 0 Å². The third-order valence-corrected chi connectivity index (χ3v) is 5.35. The number of para-hydroxylation sites is 1. The molecule has 0 saturated carbocycles. The predicted molar refractivity (Wildman–Crippen MR) is 114 cm³/mol. The number of hydrogen-bond donors (Lipinski definition) is 2. The molecule has 1 aliphatic heterocycles. The molecule has 7 heteroatoms. The van der Waals surface area contributed by atoms with Crippen LogP contribution in [0.15, 0.2) is 54.6 Å². The third kappa shape index (κ3) is 3.39. The van der Waals surface area contributed by atoms with Crippen LogP contribution >= 0.6 is 0 Å². The molecule has 4 aromatic rings. The molecular formula is C23H22N4O3. The predicted octanol–water partition coefficient (Wildman–Crippen LogP) is 3.89. The van der Waals surface area contributed by atoms with Gasteiger partial charge in [0.05, 0.1) is 5.69 Å². The lowest BCUT2D eigenvalue weighted by atomic mass is 10.1. The van der Waals surface area contributed by atoms with E-state index >= 15 is 0 Å². The summed E-state index contributed by atoms with van der Waals surface area (Å²) in [5.74, 6) is 1.25. The lowest BCUT2D eigenvalue weighted by molar-refractivity contribution is 0.0947. The van der Waals surface area contributed by atoms with E-state index in [9.17, 15) is 4.79 Å². The maximum atomic E-state index is 12.5. The number of amides is 1. The Kier molecular flexibility index (Phi) is 4.63. The number of carbonyl (C=O) groups is 1. The Balaban J connectivity index is 1.19. The molecule has 0 radical (unpaired) electrons. The van der Waals surface area contributed by atoms with Crippen molar-refractivity contribution >= 4 is 16.8 Å². The largest absolute Gasteiger partial charge is 0.454 e. The van der Waals surface area contributed by atoms with Crippen molar-refractivity contribution < 1.29 is 14.3 Å². The Morgan fingerprint density at radius 3 is 2.93 bits per heavy atom. The highest BCUT2D eigenvalue weighted by Gasteiger charge is 2.16. The van der Waals surface area contributed by atoms with E-state index in [2.05, 4.69) is 57.3 Å². The van der Waals surface area contributed by atoms with Crippen LogP contribution in [0.3, 0.4) is 0 Å². The first-order valence-corrected chi connectivity index (χ1v) is 9.97. The van der Waals surface area contributed by atoms with Gasteiger partial charge in [0.1, 0.15) is 5.69 Å². The van der Waals surface area contributed by atoms with E-state index < -0.39 is 0 Å². The second-order valence-electron chi connectivity index (χ2n) is 7.34. The lowest BCUT2D eigenvalue weighted by Gasteiger charge is -2.09. The quantitative estimate of drug-likeness (QED) is 0.480. The number of H-pyrrole nitrogens is 1. The molecule has 0 spiro atoms. The smallest absolute Gasteiger partial charge is 0.269 e. The number of carbonyl (C=O) groups excluding carboxylic acids is 1. The van der Waals surface area contributed by atoms with Crippen LogP contribution in [-0.2, 0) is 6.54 Å². The van der Waals surface area contributed by atoms with Crippen LogP contribution in [0.4, 0.5) is 0 Å². The first-order chi connectivity index (χ1) is 14.7. The highest BCUT2D eigenvalue weighted by molar-refractivity contribution is 5.93. The van der Waals surface area contributed by atoms with Gasteiger partial charge < -0.3 is 19.4 Å². The number of fused-ring (bicyclic) bond motifs is 2. The first-order valence-electron chi connectivity index (χ1n) is 9.97. The minimum absolute atomic E-state index is 0.163. The zero-order valence-corrected chi connectivity index (χ0v) is 16.6. The standard InChI is InChI=1S/C23H22N4O3/c1-15-11-17-5-2-3-6-20(17)27(15)10-4-9-24-23(28)19-13-18(25-26-19)16-7-8-21-22(12-16)30-14-29-21/h2-3,5-8,11-13H,4,9-10,14H2,1H3,(H,24,28)(H,25,26). The van der Waals surface area contributed by atoms with Crippen molar-refractivity contribution in [3.8, 4) is 22.8 Å². The molecule has 3 heterocycles. The lowest BCUT2D eigenvalue weighted by Crippen LogP contribution is -2.25. The van der Waals surface area contributed by atoms with Crippen molar-refractivity contribution in [3.63, 3.8) is 0 Å². The molecule has 1 amide bonds. The van der Waals surface area contributed by atoms with Gasteiger partial charge >= 0.3 is 0 Å². The van der Waals surface area contributed by atoms with E-state index in [-0.39, 0.29) is 12.7 Å². The summed E-state index contributed by atoms with van der Waals surface area (Å²) in [6, 6.07) is 17.9. The summed E-state index contributed by atoms with van der Waals surface area (Å²) in [4.78, 5) is 12.5. The second kappa shape index (κ2) is 7.59. The van der Waals surface area contributed by atoms with Crippen LogP contribution in [0.25, 0.3) is 22.2 Å². The Morgan fingerprint density at radius 1 is 1.13 bits per heavy atom. The van der Waals surface area contributed by atoms with E-state index in [1.807, 2.05) is 18.2 Å². The van der Waals surface area contributed by atoms with Crippen molar-refractivity contribution in [2.45, 2.75) is 19.9 Å². The van der Waals surface area contributed by atoms with E-state index in [0.717, 1.165) is 24.3 Å². The summed E-state index contributed by atoms with van der Waals surface area (Å²) >= 11 is 0. The molecule has 2 N–H and O–H groups in total. The van der Waals surface area contributed by atoms with Gasteiger partial charge in [0.15, 0.2) is 11.5 Å². The Hall–Kier alpha value is -3.74. The minimum Gasteiger partial charge on any atom is -0.454 e. The molecule has 0 saturated heterocycles. The summed E-state index contributed by atoms with van der Waals surface area (Å²) in [5, 5.41) is 11.3. The molecule has 0 fully saturated rings. The van der Waals surface area contributed by atoms with Crippen molar-refractivity contribution in [2.75, 3.05) is 13.3 Å². The summed E-state index contributed by atoms with van der Waals surface area (Å²) < 4.78 is 13.0. The van der Waals surface area contributed by atoms with Gasteiger partial charge in [0.2, 0.25) is 6.79 Å². The molecule has 7 nitrogen and oxygen atoms in total. The number of aromatic nitrogens is 3. The zero-order valence-electron chi connectivity index (χ0n) is 16.6. The van der Waals surface area contributed by atoms with Gasteiger partial charge in [-0.2, -0.15) is 5.10 Å². The minimum atomic E-state index is -0.163. The fourth-order valence-corrected chi connectivity index (χ4v) is 3.82. The number of aryl methyl sites for hydroxylation is 2. The normalized spacial score (nSPS) is 12.4. The number of hydrogen-bond acceptors (Lipinski definition) is 4. The maximum absolute atomic E-state index is 12.5. The molecule has 0 bridgehead atoms. The monoisotopic (exact) mass is 402 g/mol. The Bertz CT molecular complexity index is 1220. The van der Waals surface area contributed by atoms with Crippen molar-refractivity contribution in [2.24, 2.45) is 0 Å². The highest BCUT2D eigenvalue weighted by atomic mass is 16.7. The number of benzene rings is 2. The molecular weight excluding hydrogens is 380 g/mol. The average Bonchev–Trinajstić information content (AvgIpc) is 3.49. The molecule has 5 rings (SSSR count). The van der Waals surface area contributed by atoms with Crippen LogP contribution in [0.2, 0.25) is 0 Å². The van der Waals surface area contributed by atoms with Crippen LogP contribution in [0.5, 0.6) is 11.5 Å². The van der Waals surface area contributed by atoms with Crippen LogP contribution in [0, 0.1) is 6.92 Å². The third-order valence-electron chi connectivity index (χ3n) is 5.35. The Morgan fingerprint density at radius 2 is 2.00 bits per heavy atom. The van der Waals surface area contributed by atoms with Crippen LogP contribution in [0.1, 0.15) is 22.6 Å². The van der Waals surface area contributed by atoms with Gasteiger partial charge in [0.25, 0.3) is 5.91 Å². The first kappa shape index (κ1) is 18.3. The van der Waals surface area contributed by atoms with Crippen LogP contribution < -0.4 is 14.8 Å². The average molecular weight is 402 g/mol. The Labute approximate surface area is 173 Å². The van der Waals surface area contributed by atoms with Crippen molar-refractivity contribution in [3.05, 3.63) is 66.0 Å². The highest BCUT2D eigenvalue weighted by Crippen LogP contribution is 2.35. The second-order valence-corrected chi connectivity index (χ2v) is 7.34. The zero-order chi connectivity index (χ0) is 20.5. The van der Waals surface area contributed by atoms with E-state index in [1.165, 1.54) is 16.6 Å². The van der Waals surface area contributed by atoms with Crippen LogP contribution in [-0.4, -0.2) is 34.0 Å². The number of aromatic amines is 1. The number of nitrogens with zero attached hydrogens (tertiary/aromatic N) is 2. The fraction of sp³-hybridized carbons (Fsp3) is 0.217. The molecule has 2 aromatic carbocycles. The van der Waals surface area contributed by atoms with E-state index in [1.54, 1.807) is 6.07 Å². The molecule has 0 atom stereocenters. The SMILES string of the molecule is Cc1cc2ccccc2n1CCCNC(=O)c1cc(-c2ccc3c(c2)OCO3)n[nH]1. The summed E-state index contributed by atoms with van der Waals surface area (Å²) in [7, 11) is 0. The molecule has 2 aromatic heterocycles. The van der Waals surface area contributed by atoms with Gasteiger partial charge in [-0.3, -0.25) is 9.89 Å². The number of ether oxygens (including phenoxy) is 2.